The van der Waals surface area contributed by atoms with Crippen molar-refractivity contribution in [3.63, 3.8) is 0 Å². The predicted molar refractivity (Wildman–Crippen MR) is 94.5 cm³/mol. The van der Waals surface area contributed by atoms with Crippen molar-refractivity contribution >= 4 is 27.5 Å². The van der Waals surface area contributed by atoms with Crippen LogP contribution in [0.2, 0.25) is 0 Å². The second-order valence-corrected chi connectivity index (χ2v) is 6.52. The first-order valence-electron chi connectivity index (χ1n) is 7.69. The lowest BCUT2D eigenvalue weighted by atomic mass is 10.1. The molecule has 0 unspecified atom stereocenters. The average Bonchev–Trinajstić information content (AvgIpc) is 3.25. The van der Waals surface area contributed by atoms with Crippen molar-refractivity contribution in [3.8, 4) is 22.8 Å². The summed E-state index contributed by atoms with van der Waals surface area (Å²) >= 11 is 3.17. The van der Waals surface area contributed by atoms with Crippen LogP contribution in [0.3, 0.4) is 0 Å². The van der Waals surface area contributed by atoms with Gasteiger partial charge in [0.25, 0.3) is 0 Å². The lowest BCUT2D eigenvalue weighted by molar-refractivity contribution is -0.115. The number of nitrogens with zero attached hydrogens (tertiary/aromatic N) is 1. The van der Waals surface area contributed by atoms with Crippen molar-refractivity contribution in [1.82, 2.24) is 5.16 Å². The van der Waals surface area contributed by atoms with Gasteiger partial charge in [-0.15, -0.1) is 0 Å². The molecule has 3 aromatic rings. The number of amides is 1. The van der Waals surface area contributed by atoms with Crippen LogP contribution in [0.15, 0.2) is 51.5 Å². The Bertz CT molecular complexity index is 989. The van der Waals surface area contributed by atoms with E-state index < -0.39 is 11.7 Å². The number of hydrogen-bond donors (Lipinski definition) is 1. The van der Waals surface area contributed by atoms with Gasteiger partial charge in [-0.05, 0) is 36.4 Å². The van der Waals surface area contributed by atoms with Gasteiger partial charge in [-0.1, -0.05) is 21.1 Å². The molecule has 0 atom stereocenters. The molecule has 1 aliphatic rings. The second kappa shape index (κ2) is 6.80. The monoisotopic (exact) mass is 418 g/mol. The molecule has 2 aromatic carbocycles. The number of halogens is 2. The summed E-state index contributed by atoms with van der Waals surface area (Å²) in [7, 11) is 0. The number of ether oxygens (including phenoxy) is 2. The Morgan fingerprint density at radius 1 is 1.15 bits per heavy atom. The Balaban J connectivity index is 1.45. The molecule has 26 heavy (non-hydrogen) atoms. The summed E-state index contributed by atoms with van der Waals surface area (Å²) in [5.41, 5.74) is 1.30. The Morgan fingerprint density at radius 3 is 2.85 bits per heavy atom. The van der Waals surface area contributed by atoms with Crippen LogP contribution in [0.25, 0.3) is 11.3 Å². The lowest BCUT2D eigenvalue weighted by Gasteiger charge is -2.05. The highest BCUT2D eigenvalue weighted by molar-refractivity contribution is 9.10. The van der Waals surface area contributed by atoms with Gasteiger partial charge in [0, 0.05) is 16.1 Å². The van der Waals surface area contributed by atoms with Crippen LogP contribution in [0.1, 0.15) is 5.69 Å². The number of anilines is 1. The van der Waals surface area contributed by atoms with Crippen LogP contribution >= 0.6 is 15.9 Å². The molecule has 132 valence electrons. The summed E-state index contributed by atoms with van der Waals surface area (Å²) in [5, 5.41) is 6.41. The fourth-order valence-electron chi connectivity index (χ4n) is 2.53. The average molecular weight is 419 g/mol. The molecule has 0 saturated carbocycles. The van der Waals surface area contributed by atoms with Gasteiger partial charge in [-0.3, -0.25) is 4.79 Å². The number of nitrogens with one attached hydrogen (secondary N) is 1. The van der Waals surface area contributed by atoms with E-state index in [1.807, 2.05) is 6.07 Å². The molecule has 1 N–H and O–H groups in total. The highest BCUT2D eigenvalue weighted by Crippen LogP contribution is 2.36. The van der Waals surface area contributed by atoms with Gasteiger partial charge < -0.3 is 19.3 Å². The van der Waals surface area contributed by atoms with Crippen LogP contribution in [0, 0.1) is 5.82 Å². The lowest BCUT2D eigenvalue weighted by Crippen LogP contribution is -2.15. The third-order valence-corrected chi connectivity index (χ3v) is 4.26. The molecular formula is C18H12BrFN2O4. The van der Waals surface area contributed by atoms with Gasteiger partial charge in [-0.2, -0.15) is 0 Å². The Morgan fingerprint density at radius 2 is 2.00 bits per heavy atom. The summed E-state index contributed by atoms with van der Waals surface area (Å²) in [6.07, 6.45) is -0.0381. The minimum absolute atomic E-state index is 0.0381. The number of benzene rings is 2. The molecule has 8 heteroatoms. The largest absolute Gasteiger partial charge is 0.454 e. The van der Waals surface area contributed by atoms with E-state index in [4.69, 9.17) is 14.0 Å². The van der Waals surface area contributed by atoms with E-state index in [0.29, 0.717) is 27.4 Å². The van der Waals surface area contributed by atoms with Gasteiger partial charge in [0.05, 0.1) is 17.8 Å². The zero-order valence-electron chi connectivity index (χ0n) is 13.3. The van der Waals surface area contributed by atoms with Crippen molar-refractivity contribution in [2.24, 2.45) is 0 Å². The third kappa shape index (κ3) is 3.41. The molecule has 4 rings (SSSR count). The smallest absolute Gasteiger partial charge is 0.231 e. The first-order chi connectivity index (χ1) is 12.6. The van der Waals surface area contributed by atoms with Crippen LogP contribution in [0.4, 0.5) is 10.1 Å². The Kier molecular flexibility index (Phi) is 4.34. The maximum absolute atomic E-state index is 13.8. The molecular weight excluding hydrogens is 407 g/mol. The van der Waals surface area contributed by atoms with E-state index in [2.05, 4.69) is 26.4 Å². The number of carbonyl (C=O) groups excluding carboxylic acids is 1. The van der Waals surface area contributed by atoms with Crippen molar-refractivity contribution < 1.29 is 23.2 Å². The van der Waals surface area contributed by atoms with Gasteiger partial charge >= 0.3 is 0 Å². The fourth-order valence-corrected chi connectivity index (χ4v) is 2.86. The summed E-state index contributed by atoms with van der Waals surface area (Å²) in [6.45, 7) is 0.188. The van der Waals surface area contributed by atoms with Gasteiger partial charge in [0.2, 0.25) is 12.7 Å². The first kappa shape index (κ1) is 16.6. The quantitative estimate of drug-likeness (QED) is 0.688. The Labute approximate surface area is 156 Å². The molecule has 2 heterocycles. The molecule has 0 aliphatic carbocycles. The summed E-state index contributed by atoms with van der Waals surface area (Å²) in [4.78, 5) is 12.1. The summed E-state index contributed by atoms with van der Waals surface area (Å²) in [5.74, 6) is 0.889. The van der Waals surface area contributed by atoms with Crippen molar-refractivity contribution in [3.05, 3.63) is 58.4 Å². The number of aromatic nitrogens is 1. The van der Waals surface area contributed by atoms with E-state index in [9.17, 15) is 9.18 Å². The van der Waals surface area contributed by atoms with Crippen molar-refractivity contribution in [2.75, 3.05) is 12.1 Å². The number of fused-ring (bicyclic) bond motifs is 1. The Hall–Kier alpha value is -2.87. The highest BCUT2D eigenvalue weighted by atomic mass is 79.9. The van der Waals surface area contributed by atoms with E-state index in [1.165, 1.54) is 12.1 Å². The standard InChI is InChI=1S/C18H12BrFN2O4/c19-11-2-3-14(13(20)6-11)21-18(23)8-12-7-16(26-22-12)10-1-4-15-17(5-10)25-9-24-15/h1-7H,8-9H2,(H,21,23). The second-order valence-electron chi connectivity index (χ2n) is 5.60. The molecule has 0 fully saturated rings. The van der Waals surface area contributed by atoms with Crippen LogP contribution < -0.4 is 14.8 Å². The molecule has 1 aromatic heterocycles. The number of rotatable bonds is 4. The predicted octanol–water partition coefficient (Wildman–Crippen LogP) is 4.15. The van der Waals surface area contributed by atoms with Crippen LogP contribution in [-0.4, -0.2) is 17.9 Å². The van der Waals surface area contributed by atoms with Gasteiger partial charge in [-0.25, -0.2) is 4.39 Å². The van der Waals surface area contributed by atoms with E-state index in [0.717, 1.165) is 5.56 Å². The summed E-state index contributed by atoms with van der Waals surface area (Å²) < 4.78 is 30.3. The molecule has 1 amide bonds. The number of carbonyl (C=O) groups is 1. The fraction of sp³-hybridized carbons (Fsp3) is 0.111. The molecule has 0 radical (unpaired) electrons. The maximum Gasteiger partial charge on any atom is 0.231 e. The van der Waals surface area contributed by atoms with E-state index in [1.54, 1.807) is 24.3 Å². The van der Waals surface area contributed by atoms with Crippen LogP contribution in [-0.2, 0) is 11.2 Å². The van der Waals surface area contributed by atoms with Crippen molar-refractivity contribution in [2.45, 2.75) is 6.42 Å². The zero-order chi connectivity index (χ0) is 18.1. The topological polar surface area (TPSA) is 73.6 Å². The van der Waals surface area contributed by atoms with Gasteiger partial charge in [0.1, 0.15) is 5.82 Å². The minimum atomic E-state index is -0.520. The molecule has 1 aliphatic heterocycles. The van der Waals surface area contributed by atoms with Crippen molar-refractivity contribution in [1.29, 1.82) is 0 Å². The SMILES string of the molecule is O=C(Cc1cc(-c2ccc3c(c2)OCO3)on1)Nc1ccc(Br)cc1F. The van der Waals surface area contributed by atoms with Gasteiger partial charge in [0.15, 0.2) is 17.3 Å². The highest BCUT2D eigenvalue weighted by Gasteiger charge is 2.17. The molecule has 0 bridgehead atoms. The number of hydrogen-bond acceptors (Lipinski definition) is 5. The molecule has 6 nitrogen and oxygen atoms in total. The maximum atomic E-state index is 13.8. The first-order valence-corrected chi connectivity index (χ1v) is 8.48. The molecule has 0 saturated heterocycles. The minimum Gasteiger partial charge on any atom is -0.454 e. The van der Waals surface area contributed by atoms with E-state index in [-0.39, 0.29) is 18.9 Å². The normalized spacial score (nSPS) is 12.2. The zero-order valence-corrected chi connectivity index (χ0v) is 14.9. The molecule has 0 spiro atoms. The summed E-state index contributed by atoms with van der Waals surface area (Å²) in [6, 6.07) is 11.4. The van der Waals surface area contributed by atoms with E-state index >= 15 is 0 Å². The third-order valence-electron chi connectivity index (χ3n) is 3.76. The van der Waals surface area contributed by atoms with Crippen LogP contribution in [0.5, 0.6) is 11.5 Å².